The van der Waals surface area contributed by atoms with E-state index in [0.29, 0.717) is 17.2 Å². The third kappa shape index (κ3) is 9.27. The summed E-state index contributed by atoms with van der Waals surface area (Å²) in [6.45, 7) is 1.45. The number of nitrogens with one attached hydrogen (secondary N) is 1. The van der Waals surface area contributed by atoms with Crippen LogP contribution in [0.2, 0.25) is 5.02 Å². The Morgan fingerprint density at radius 1 is 1.02 bits per heavy atom. The van der Waals surface area contributed by atoms with Crippen molar-refractivity contribution in [1.82, 2.24) is 20.4 Å². The van der Waals surface area contributed by atoms with Crippen molar-refractivity contribution < 1.29 is 37.5 Å². The van der Waals surface area contributed by atoms with Gasteiger partial charge in [0.05, 0.1) is 10.6 Å². The molecule has 51 heavy (non-hydrogen) atoms. The van der Waals surface area contributed by atoms with Gasteiger partial charge in [-0.3, -0.25) is 4.79 Å². The van der Waals surface area contributed by atoms with Crippen LogP contribution in [0.4, 0.5) is 13.6 Å². The molecule has 13 heteroatoms. The first-order valence-corrected chi connectivity index (χ1v) is 16.6. The summed E-state index contributed by atoms with van der Waals surface area (Å²) in [5.74, 6) is -0.150. The predicted octanol–water partition coefficient (Wildman–Crippen LogP) is 8.73. The third-order valence-electron chi connectivity index (χ3n) is 8.79. The fourth-order valence-corrected chi connectivity index (χ4v) is 6.32. The van der Waals surface area contributed by atoms with Crippen LogP contribution in [-0.4, -0.2) is 57.9 Å². The van der Waals surface area contributed by atoms with Crippen LogP contribution in [0.15, 0.2) is 95.6 Å². The van der Waals surface area contributed by atoms with E-state index in [4.69, 9.17) is 26.0 Å². The first-order valence-electron chi connectivity index (χ1n) is 16.2. The molecule has 2 heterocycles. The van der Waals surface area contributed by atoms with Gasteiger partial charge in [0.1, 0.15) is 22.9 Å². The molecule has 1 saturated carbocycles. The highest BCUT2D eigenvalue weighted by molar-refractivity contribution is 6.33. The second-order valence-electron chi connectivity index (χ2n) is 12.3. The molecule has 3 aromatic carbocycles. The zero-order valence-corrected chi connectivity index (χ0v) is 29.0. The Hall–Kier alpha value is -5.33. The predicted molar refractivity (Wildman–Crippen MR) is 187 cm³/mol. The molecule has 2 N–H and O–H groups in total. The van der Waals surface area contributed by atoms with Crippen molar-refractivity contribution in [3.8, 4) is 28.6 Å². The second-order valence-corrected chi connectivity index (χ2v) is 12.7. The molecular formula is C38H37ClF2N4O6. The Labute approximate surface area is 299 Å². The van der Waals surface area contributed by atoms with Gasteiger partial charge in [0.2, 0.25) is 11.6 Å². The van der Waals surface area contributed by atoms with Crippen LogP contribution in [0.25, 0.3) is 11.3 Å². The molecule has 6 rings (SSSR count). The number of aromatic nitrogens is 2. The molecule has 1 fully saturated rings. The van der Waals surface area contributed by atoms with Crippen LogP contribution in [0.3, 0.4) is 0 Å². The summed E-state index contributed by atoms with van der Waals surface area (Å²) in [4.78, 5) is 30.1. The standard InChI is InChI=1S/C27H30FN3O2.C11H7ClFNO4/c1-31(2)27(19-20-8-6-9-21(28)18-20)15-13-22(14-16-27)30-25(32)24-12-7-17-29-26(24)33-23-10-4-3-5-11-23;1-5-10(17-11(15)16)9(14-18-5)8-6(12)3-2-4-7(8)13/h3-12,17-18,22H,13-16,19H2,1-2H3,(H,30,32);2-4H,1H3,(H,15,16). The lowest BCUT2D eigenvalue weighted by atomic mass is 9.74. The summed E-state index contributed by atoms with van der Waals surface area (Å²) >= 11 is 5.86. The number of hydrogen-bond donors (Lipinski definition) is 2. The molecule has 0 aliphatic heterocycles. The number of likely N-dealkylation sites (N-methyl/N-ethyl adjacent to an activating group) is 1. The minimum absolute atomic E-state index is 0.0507. The summed E-state index contributed by atoms with van der Waals surface area (Å²) < 4.78 is 42.6. The van der Waals surface area contributed by atoms with Crippen molar-refractivity contribution in [3.63, 3.8) is 0 Å². The molecule has 0 saturated heterocycles. The fourth-order valence-electron chi connectivity index (χ4n) is 6.07. The number of carbonyl (C=O) groups excluding carboxylic acids is 1. The number of carboxylic acid groups (broad SMARTS) is 1. The highest BCUT2D eigenvalue weighted by atomic mass is 35.5. The molecule has 0 radical (unpaired) electrons. The number of amides is 1. The van der Waals surface area contributed by atoms with E-state index in [1.54, 1.807) is 30.5 Å². The van der Waals surface area contributed by atoms with E-state index in [-0.39, 0.29) is 51.1 Å². The number of benzene rings is 3. The maximum Gasteiger partial charge on any atom is 0.511 e. The van der Waals surface area contributed by atoms with E-state index in [2.05, 4.69) is 39.2 Å². The molecule has 0 spiro atoms. The molecule has 2 aromatic heterocycles. The number of para-hydroxylation sites is 1. The van der Waals surface area contributed by atoms with Crippen LogP contribution in [0.1, 0.15) is 47.4 Å². The van der Waals surface area contributed by atoms with Crippen molar-refractivity contribution in [2.45, 2.75) is 50.6 Å². The number of nitrogens with zero attached hydrogens (tertiary/aromatic N) is 3. The van der Waals surface area contributed by atoms with Gasteiger partial charge in [-0.05, 0) is 100 Å². The van der Waals surface area contributed by atoms with Gasteiger partial charge < -0.3 is 29.3 Å². The fraction of sp³-hybridized carbons (Fsp3) is 0.263. The average molecular weight is 719 g/mol. The number of aryl methyl sites for hydroxylation is 1. The molecule has 0 unspecified atom stereocenters. The van der Waals surface area contributed by atoms with E-state index in [9.17, 15) is 18.4 Å². The van der Waals surface area contributed by atoms with E-state index in [0.717, 1.165) is 37.7 Å². The van der Waals surface area contributed by atoms with E-state index < -0.39 is 12.0 Å². The van der Waals surface area contributed by atoms with Gasteiger partial charge in [0.15, 0.2) is 11.5 Å². The van der Waals surface area contributed by atoms with Crippen molar-refractivity contribution >= 4 is 23.7 Å². The van der Waals surface area contributed by atoms with E-state index >= 15 is 0 Å². The van der Waals surface area contributed by atoms with Crippen LogP contribution in [0, 0.1) is 18.6 Å². The van der Waals surface area contributed by atoms with E-state index in [1.807, 2.05) is 36.4 Å². The lowest BCUT2D eigenvalue weighted by Gasteiger charge is -2.45. The topological polar surface area (TPSA) is 127 Å². The van der Waals surface area contributed by atoms with Crippen LogP contribution in [-0.2, 0) is 6.42 Å². The average Bonchev–Trinajstić information content (AvgIpc) is 3.44. The summed E-state index contributed by atoms with van der Waals surface area (Å²) in [6, 6.07) is 23.8. The molecule has 1 aliphatic carbocycles. The highest BCUT2D eigenvalue weighted by Gasteiger charge is 2.38. The van der Waals surface area contributed by atoms with Crippen LogP contribution in [0.5, 0.6) is 17.4 Å². The van der Waals surface area contributed by atoms with Crippen molar-refractivity contribution in [1.29, 1.82) is 0 Å². The number of pyridine rings is 1. The van der Waals surface area contributed by atoms with Crippen molar-refractivity contribution in [2.75, 3.05) is 14.1 Å². The Kier molecular flexibility index (Phi) is 12.0. The molecule has 1 amide bonds. The maximum absolute atomic E-state index is 13.7. The molecule has 10 nitrogen and oxygen atoms in total. The van der Waals surface area contributed by atoms with Gasteiger partial charge in [0, 0.05) is 24.7 Å². The number of halogens is 3. The van der Waals surface area contributed by atoms with Crippen molar-refractivity contribution in [3.05, 3.63) is 125 Å². The zero-order valence-electron chi connectivity index (χ0n) is 28.2. The number of ether oxygens (including phenoxy) is 2. The van der Waals surface area contributed by atoms with E-state index in [1.165, 1.54) is 31.2 Å². The molecule has 0 bridgehead atoms. The van der Waals surface area contributed by atoms with Crippen LogP contribution >= 0.6 is 11.6 Å². The van der Waals surface area contributed by atoms with Gasteiger partial charge in [-0.25, -0.2) is 18.6 Å². The SMILES string of the molecule is CN(C)C1(Cc2cccc(F)c2)CCC(NC(=O)c2cccnc2Oc2ccccc2)CC1.Cc1onc(-c2c(F)cccc2Cl)c1OC(=O)O. The highest BCUT2D eigenvalue weighted by Crippen LogP contribution is 2.38. The Bertz CT molecular complexity index is 1950. The molecule has 266 valence electrons. The second kappa shape index (κ2) is 16.6. The Morgan fingerprint density at radius 3 is 2.41 bits per heavy atom. The van der Waals surface area contributed by atoms with Gasteiger partial charge in [0.25, 0.3) is 5.91 Å². The Balaban J connectivity index is 0.000000236. The summed E-state index contributed by atoms with van der Waals surface area (Å²) in [5, 5.41) is 15.4. The van der Waals surface area contributed by atoms with Crippen LogP contribution < -0.4 is 14.8 Å². The van der Waals surface area contributed by atoms with Gasteiger partial charge in [-0.2, -0.15) is 0 Å². The zero-order chi connectivity index (χ0) is 36.5. The molecule has 5 aromatic rings. The third-order valence-corrected chi connectivity index (χ3v) is 9.11. The maximum atomic E-state index is 13.7. The normalized spacial score (nSPS) is 16.9. The summed E-state index contributed by atoms with van der Waals surface area (Å²) in [5.41, 5.74) is 1.23. The lowest BCUT2D eigenvalue weighted by molar-refractivity contribution is 0.0767. The van der Waals surface area contributed by atoms with Gasteiger partial charge in [-0.1, -0.05) is 53.2 Å². The quantitative estimate of drug-likeness (QED) is 0.144. The Morgan fingerprint density at radius 2 is 1.75 bits per heavy atom. The largest absolute Gasteiger partial charge is 0.511 e. The first kappa shape index (κ1) is 36.9. The molecule has 1 aliphatic rings. The lowest BCUT2D eigenvalue weighted by Crippen LogP contribution is -2.52. The molecular weight excluding hydrogens is 682 g/mol. The van der Waals surface area contributed by atoms with Crippen molar-refractivity contribution in [2.24, 2.45) is 0 Å². The monoisotopic (exact) mass is 718 g/mol. The van der Waals surface area contributed by atoms with Gasteiger partial charge in [-0.15, -0.1) is 0 Å². The summed E-state index contributed by atoms with van der Waals surface area (Å²) in [6.07, 6.45) is 4.41. The summed E-state index contributed by atoms with van der Waals surface area (Å²) in [7, 11) is 4.17. The number of rotatable bonds is 9. The molecule has 0 atom stereocenters. The minimum Gasteiger partial charge on any atom is -0.449 e. The number of hydrogen-bond acceptors (Lipinski definition) is 8. The number of carbonyl (C=O) groups is 2. The first-order chi connectivity index (χ1) is 24.5. The minimum atomic E-state index is -1.55. The smallest absolute Gasteiger partial charge is 0.449 e. The van der Waals surface area contributed by atoms with Gasteiger partial charge >= 0.3 is 6.16 Å².